The van der Waals surface area contributed by atoms with Gasteiger partial charge >= 0.3 is 0 Å². The molecule has 1 atom stereocenters. The Bertz CT molecular complexity index is 1590. The van der Waals surface area contributed by atoms with E-state index in [1.54, 1.807) is 6.92 Å². The quantitative estimate of drug-likeness (QED) is 0.444. The van der Waals surface area contributed by atoms with Crippen molar-refractivity contribution in [1.29, 1.82) is 0 Å². The number of halogens is 2. The van der Waals surface area contributed by atoms with E-state index in [4.69, 9.17) is 16.3 Å². The Morgan fingerprint density at radius 3 is 1.94 bits per heavy atom. The fraction of sp³-hybridized carbons (Fsp3) is 0.182. The Labute approximate surface area is 208 Å². The van der Waals surface area contributed by atoms with Gasteiger partial charge in [0.1, 0.15) is 0 Å². The van der Waals surface area contributed by atoms with E-state index in [0.29, 0.717) is 5.56 Å². The molecule has 0 bridgehead atoms. The summed E-state index contributed by atoms with van der Waals surface area (Å²) in [5.41, 5.74) is 0.493. The summed E-state index contributed by atoms with van der Waals surface area (Å²) < 4.78 is 97.7. The van der Waals surface area contributed by atoms with Gasteiger partial charge in [-0.15, -0.1) is 0 Å². The van der Waals surface area contributed by atoms with E-state index in [1.165, 1.54) is 37.4 Å². The van der Waals surface area contributed by atoms with Gasteiger partial charge < -0.3 is 4.74 Å². The fourth-order valence-electron chi connectivity index (χ4n) is 3.31. The molecule has 0 amide bonds. The van der Waals surface area contributed by atoms with Crippen molar-refractivity contribution in [3.8, 4) is 5.75 Å². The molecule has 3 aromatic carbocycles. The molecule has 0 aromatic heterocycles. The second-order valence-electron chi connectivity index (χ2n) is 7.58. The summed E-state index contributed by atoms with van der Waals surface area (Å²) in [6.07, 6.45) is 1.000. The van der Waals surface area contributed by atoms with E-state index in [-0.39, 0.29) is 15.7 Å². The first kappa shape index (κ1) is 27.1. The zero-order valence-corrected chi connectivity index (χ0v) is 21.9. The molecule has 0 spiro atoms. The Balaban J connectivity index is 2.10. The topological polar surface area (TPSA) is 124 Å². The maximum atomic E-state index is 14.2. The van der Waals surface area contributed by atoms with Crippen LogP contribution in [-0.2, 0) is 29.7 Å². The minimum atomic E-state index is -4.51. The molecule has 188 valence electrons. The highest BCUT2D eigenvalue weighted by Crippen LogP contribution is 2.34. The van der Waals surface area contributed by atoms with Gasteiger partial charge in [-0.1, -0.05) is 23.7 Å². The zero-order chi connectivity index (χ0) is 26.2. The van der Waals surface area contributed by atoms with Crippen LogP contribution in [0.1, 0.15) is 18.5 Å². The Hall–Kier alpha value is -2.51. The molecule has 8 nitrogen and oxygen atoms in total. The summed E-state index contributed by atoms with van der Waals surface area (Å²) in [5.74, 6) is -1.12. The van der Waals surface area contributed by atoms with Crippen LogP contribution >= 0.6 is 11.6 Å². The van der Waals surface area contributed by atoms with Crippen LogP contribution in [0.25, 0.3) is 0 Å². The Morgan fingerprint density at radius 2 is 1.40 bits per heavy atom. The van der Waals surface area contributed by atoms with Gasteiger partial charge in [-0.25, -0.2) is 34.4 Å². The second kappa shape index (κ2) is 9.86. The minimum Gasteiger partial charge on any atom is -0.494 e. The van der Waals surface area contributed by atoms with Crippen LogP contribution in [-0.4, -0.2) is 38.6 Å². The van der Waals surface area contributed by atoms with Crippen molar-refractivity contribution in [2.24, 2.45) is 0 Å². The van der Waals surface area contributed by atoms with E-state index < -0.39 is 56.2 Å². The normalized spacial score (nSPS) is 13.4. The Kier molecular flexibility index (Phi) is 7.63. The third-order valence-electron chi connectivity index (χ3n) is 5.00. The smallest absolute Gasteiger partial charge is 0.209 e. The van der Waals surface area contributed by atoms with Crippen LogP contribution in [0.15, 0.2) is 80.2 Å². The molecule has 3 rings (SSSR count). The summed E-state index contributed by atoms with van der Waals surface area (Å²) in [5, 5.41) is -0.0347. The molecule has 0 fully saturated rings. The highest BCUT2D eigenvalue weighted by Gasteiger charge is 2.30. The lowest BCUT2D eigenvalue weighted by Gasteiger charge is -2.15. The standard InChI is InChI=1S/C22H21ClFNO7S3/c1-14(25-33(3,26)27)15-4-7-17(8-5-15)34(28,29)21-11-6-16(23)12-22(21)35(30,31)18-9-10-20(32-2)19(24)13-18/h4-14,25H,1-3H3/t14-/m0/s1. The van der Waals surface area contributed by atoms with Crippen molar-refractivity contribution in [3.05, 3.63) is 77.1 Å². The highest BCUT2D eigenvalue weighted by atomic mass is 35.5. The Morgan fingerprint density at radius 1 is 0.829 bits per heavy atom. The average Bonchev–Trinajstić information content (AvgIpc) is 2.77. The van der Waals surface area contributed by atoms with Crippen molar-refractivity contribution in [2.75, 3.05) is 13.4 Å². The van der Waals surface area contributed by atoms with Gasteiger partial charge in [-0.05, 0) is 61.0 Å². The molecule has 0 saturated heterocycles. The van der Waals surface area contributed by atoms with Crippen molar-refractivity contribution in [3.63, 3.8) is 0 Å². The summed E-state index contributed by atoms with van der Waals surface area (Å²) in [7, 11) is -11.2. The summed E-state index contributed by atoms with van der Waals surface area (Å²) in [4.78, 5) is -1.88. The summed E-state index contributed by atoms with van der Waals surface area (Å²) in [6, 6.07) is 10.9. The van der Waals surface area contributed by atoms with Crippen LogP contribution < -0.4 is 9.46 Å². The second-order valence-corrected chi connectivity index (χ2v) is 13.6. The van der Waals surface area contributed by atoms with E-state index in [1.807, 2.05) is 0 Å². The van der Waals surface area contributed by atoms with Gasteiger partial charge in [0.25, 0.3) is 0 Å². The minimum absolute atomic E-state index is 0.0347. The zero-order valence-electron chi connectivity index (χ0n) is 18.7. The molecule has 0 radical (unpaired) electrons. The number of hydrogen-bond donors (Lipinski definition) is 1. The number of nitrogens with one attached hydrogen (secondary N) is 1. The largest absolute Gasteiger partial charge is 0.494 e. The maximum Gasteiger partial charge on any atom is 0.209 e. The summed E-state index contributed by atoms with van der Waals surface area (Å²) >= 11 is 5.98. The van der Waals surface area contributed by atoms with Crippen molar-refractivity contribution >= 4 is 41.3 Å². The van der Waals surface area contributed by atoms with Gasteiger partial charge in [0.2, 0.25) is 29.7 Å². The van der Waals surface area contributed by atoms with Crippen LogP contribution in [0.2, 0.25) is 5.02 Å². The SMILES string of the molecule is COc1ccc(S(=O)(=O)c2cc(Cl)ccc2S(=O)(=O)c2ccc([C@H](C)NS(C)(=O)=O)cc2)cc1F. The highest BCUT2D eigenvalue weighted by molar-refractivity contribution is 7.94. The van der Waals surface area contributed by atoms with E-state index in [2.05, 4.69) is 4.72 Å². The lowest BCUT2D eigenvalue weighted by atomic mass is 10.1. The molecule has 0 unspecified atom stereocenters. The van der Waals surface area contributed by atoms with Gasteiger partial charge in [0.05, 0.1) is 32.9 Å². The lowest BCUT2D eigenvalue weighted by Crippen LogP contribution is -2.25. The predicted octanol–water partition coefficient (Wildman–Crippen LogP) is 3.76. The molecule has 0 aliphatic rings. The predicted molar refractivity (Wildman–Crippen MR) is 128 cm³/mol. The first-order valence-corrected chi connectivity index (χ1v) is 15.1. The molecule has 1 N–H and O–H groups in total. The number of hydrogen-bond acceptors (Lipinski definition) is 7. The first-order valence-electron chi connectivity index (χ1n) is 9.87. The first-order chi connectivity index (χ1) is 16.2. The number of methoxy groups -OCH3 is 1. The average molecular weight is 562 g/mol. The summed E-state index contributed by atoms with van der Waals surface area (Å²) in [6.45, 7) is 1.59. The van der Waals surface area contributed by atoms with Crippen LogP contribution in [0, 0.1) is 5.82 Å². The lowest BCUT2D eigenvalue weighted by molar-refractivity contribution is 0.385. The molecule has 0 aliphatic heterocycles. The molecule has 0 heterocycles. The van der Waals surface area contributed by atoms with Crippen LogP contribution in [0.4, 0.5) is 4.39 Å². The van der Waals surface area contributed by atoms with Crippen LogP contribution in [0.3, 0.4) is 0 Å². The molecule has 0 saturated carbocycles. The molecule has 3 aromatic rings. The van der Waals surface area contributed by atoms with Gasteiger partial charge in [-0.3, -0.25) is 0 Å². The monoisotopic (exact) mass is 561 g/mol. The van der Waals surface area contributed by atoms with E-state index >= 15 is 0 Å². The van der Waals surface area contributed by atoms with Gasteiger partial charge in [0.15, 0.2) is 11.6 Å². The van der Waals surface area contributed by atoms with Gasteiger partial charge in [0, 0.05) is 11.1 Å². The van der Waals surface area contributed by atoms with Crippen molar-refractivity contribution in [2.45, 2.75) is 32.5 Å². The number of ether oxygens (including phenoxy) is 1. The van der Waals surface area contributed by atoms with E-state index in [9.17, 15) is 29.6 Å². The third kappa shape index (κ3) is 5.84. The molecule has 13 heteroatoms. The number of benzene rings is 3. The molecule has 0 aliphatic carbocycles. The molecular weight excluding hydrogens is 541 g/mol. The number of sulfone groups is 2. The van der Waals surface area contributed by atoms with Crippen molar-refractivity contribution < 1.29 is 34.4 Å². The van der Waals surface area contributed by atoms with E-state index in [0.717, 1.165) is 36.6 Å². The van der Waals surface area contributed by atoms with Crippen LogP contribution in [0.5, 0.6) is 5.75 Å². The third-order valence-corrected chi connectivity index (χ3v) is 9.76. The van der Waals surface area contributed by atoms with Gasteiger partial charge in [-0.2, -0.15) is 0 Å². The maximum absolute atomic E-state index is 14.2. The molecular formula is C22H21ClFNO7S3. The van der Waals surface area contributed by atoms with Crippen molar-refractivity contribution in [1.82, 2.24) is 4.72 Å². The fourth-order valence-corrected chi connectivity index (χ4v) is 7.67. The number of sulfonamides is 1. The number of rotatable bonds is 8. The molecule has 35 heavy (non-hydrogen) atoms.